The fourth-order valence-electron chi connectivity index (χ4n) is 2.77. The maximum atomic E-state index is 12.1. The minimum atomic E-state index is -0.293. The number of hydrogen-bond acceptors (Lipinski definition) is 4. The van der Waals surface area contributed by atoms with Crippen molar-refractivity contribution < 1.29 is 4.79 Å². The second kappa shape index (κ2) is 6.81. The van der Waals surface area contributed by atoms with Crippen molar-refractivity contribution in [3.8, 4) is 6.07 Å². The normalized spacial score (nSPS) is 15.0. The summed E-state index contributed by atoms with van der Waals surface area (Å²) < 4.78 is 0. The second-order valence-electron chi connectivity index (χ2n) is 5.30. The summed E-state index contributed by atoms with van der Waals surface area (Å²) in [6.45, 7) is 0. The van der Waals surface area contributed by atoms with Crippen LogP contribution in [-0.2, 0) is 6.42 Å². The molecule has 7 N–H and O–H groups in total. The molecule has 3 rings (SSSR count). The van der Waals surface area contributed by atoms with Gasteiger partial charge in [0.15, 0.2) is 0 Å². The van der Waals surface area contributed by atoms with Gasteiger partial charge in [0, 0.05) is 0 Å². The van der Waals surface area contributed by atoms with Gasteiger partial charge in [0.05, 0.1) is 29.0 Å². The molecule has 1 atom stereocenters. The van der Waals surface area contributed by atoms with E-state index in [9.17, 15) is 4.79 Å². The zero-order valence-corrected chi connectivity index (χ0v) is 12.7. The van der Waals surface area contributed by atoms with Crippen LogP contribution in [0.5, 0.6) is 0 Å². The number of nitrogens with two attached hydrogens (primary N) is 1. The summed E-state index contributed by atoms with van der Waals surface area (Å²) in [6.07, 6.45) is 1.87. The van der Waals surface area contributed by atoms with Gasteiger partial charge in [-0.2, -0.15) is 5.26 Å². The van der Waals surface area contributed by atoms with E-state index >= 15 is 0 Å². The fourth-order valence-corrected chi connectivity index (χ4v) is 2.77. The number of nitriles is 1. The van der Waals surface area contributed by atoms with E-state index in [0.717, 1.165) is 12.8 Å². The Labute approximate surface area is 134 Å². The third kappa shape index (κ3) is 3.42. The molecule has 0 heterocycles. The highest BCUT2D eigenvalue weighted by atomic mass is 16.2. The number of fused-ring (bicyclic) bond motifs is 1. The molecule has 2 aromatic rings. The SMILES string of the molecule is N.N#Cc1ccc(NC(=O)N[C@@H]2CCc3ccccc32)c(N)c1. The highest BCUT2D eigenvalue weighted by Gasteiger charge is 2.23. The van der Waals surface area contributed by atoms with E-state index in [1.54, 1.807) is 18.2 Å². The summed E-state index contributed by atoms with van der Waals surface area (Å²) in [4.78, 5) is 12.1. The third-order valence-electron chi connectivity index (χ3n) is 3.87. The lowest BCUT2D eigenvalue weighted by Gasteiger charge is -2.15. The fraction of sp³-hybridized carbons (Fsp3) is 0.176. The summed E-state index contributed by atoms with van der Waals surface area (Å²) >= 11 is 0. The molecule has 1 aliphatic carbocycles. The number of urea groups is 1. The van der Waals surface area contributed by atoms with Crippen molar-refractivity contribution in [1.82, 2.24) is 11.5 Å². The van der Waals surface area contributed by atoms with Crippen LogP contribution in [0.25, 0.3) is 0 Å². The van der Waals surface area contributed by atoms with Gasteiger partial charge in [-0.1, -0.05) is 24.3 Å². The van der Waals surface area contributed by atoms with Crippen molar-refractivity contribution in [2.75, 3.05) is 11.1 Å². The summed E-state index contributed by atoms with van der Waals surface area (Å²) in [5, 5.41) is 14.5. The van der Waals surface area contributed by atoms with Gasteiger partial charge in [0.2, 0.25) is 0 Å². The van der Waals surface area contributed by atoms with Crippen molar-refractivity contribution in [2.24, 2.45) is 0 Å². The van der Waals surface area contributed by atoms with E-state index in [-0.39, 0.29) is 18.2 Å². The van der Waals surface area contributed by atoms with Gasteiger partial charge in [-0.25, -0.2) is 4.79 Å². The van der Waals surface area contributed by atoms with E-state index in [1.165, 1.54) is 11.1 Å². The molecule has 0 bridgehead atoms. The third-order valence-corrected chi connectivity index (χ3v) is 3.87. The van der Waals surface area contributed by atoms with Gasteiger partial charge in [0.1, 0.15) is 0 Å². The van der Waals surface area contributed by atoms with Crippen LogP contribution in [0, 0.1) is 11.3 Å². The Morgan fingerprint density at radius 3 is 2.78 bits per heavy atom. The number of benzene rings is 2. The molecule has 0 unspecified atom stereocenters. The number of carbonyl (C=O) groups excluding carboxylic acids is 1. The van der Waals surface area contributed by atoms with Crippen LogP contribution in [0.1, 0.15) is 29.2 Å². The lowest BCUT2D eigenvalue weighted by Crippen LogP contribution is -2.31. The van der Waals surface area contributed by atoms with E-state index < -0.39 is 0 Å². The lowest BCUT2D eigenvalue weighted by molar-refractivity contribution is 0.248. The molecule has 118 valence electrons. The number of rotatable bonds is 2. The van der Waals surface area contributed by atoms with Gasteiger partial charge in [-0.15, -0.1) is 0 Å². The zero-order valence-electron chi connectivity index (χ0n) is 12.7. The molecule has 0 fully saturated rings. The van der Waals surface area contributed by atoms with E-state index in [2.05, 4.69) is 16.7 Å². The van der Waals surface area contributed by atoms with Gasteiger partial charge >= 0.3 is 6.03 Å². The van der Waals surface area contributed by atoms with Gasteiger partial charge < -0.3 is 22.5 Å². The molecule has 0 radical (unpaired) electrons. The molecule has 1 aliphatic rings. The van der Waals surface area contributed by atoms with Gasteiger partial charge in [0.25, 0.3) is 0 Å². The monoisotopic (exact) mass is 309 g/mol. The summed E-state index contributed by atoms with van der Waals surface area (Å²) in [7, 11) is 0. The van der Waals surface area contributed by atoms with Crippen LogP contribution in [0.15, 0.2) is 42.5 Å². The molecule has 0 spiro atoms. The van der Waals surface area contributed by atoms with Gasteiger partial charge in [-0.3, -0.25) is 0 Å². The Kier molecular flexibility index (Phi) is 4.84. The van der Waals surface area contributed by atoms with Crippen molar-refractivity contribution in [3.63, 3.8) is 0 Å². The molecular weight excluding hydrogens is 290 g/mol. The molecule has 23 heavy (non-hydrogen) atoms. The van der Waals surface area contributed by atoms with Crippen molar-refractivity contribution in [1.29, 1.82) is 5.26 Å². The molecule has 0 aromatic heterocycles. The first kappa shape index (κ1) is 16.3. The Morgan fingerprint density at radius 1 is 1.26 bits per heavy atom. The van der Waals surface area contributed by atoms with E-state index in [1.807, 2.05) is 24.3 Å². The largest absolute Gasteiger partial charge is 0.397 e. The number of hydrogen-bond donors (Lipinski definition) is 4. The summed E-state index contributed by atoms with van der Waals surface area (Å²) in [6, 6.07) is 14.7. The number of amides is 2. The Balaban J connectivity index is 0.00000192. The van der Waals surface area contributed by atoms with Crippen molar-refractivity contribution in [2.45, 2.75) is 18.9 Å². The van der Waals surface area contributed by atoms with Crippen LogP contribution in [-0.4, -0.2) is 6.03 Å². The number of aryl methyl sites for hydroxylation is 1. The van der Waals surface area contributed by atoms with Gasteiger partial charge in [-0.05, 0) is 42.2 Å². The second-order valence-corrected chi connectivity index (χ2v) is 5.30. The number of nitrogens with zero attached hydrogens (tertiary/aromatic N) is 1. The van der Waals surface area contributed by atoms with E-state index in [4.69, 9.17) is 11.0 Å². The minimum absolute atomic E-state index is 0. The van der Waals surface area contributed by atoms with Crippen LogP contribution in [0.4, 0.5) is 16.2 Å². The lowest BCUT2D eigenvalue weighted by atomic mass is 10.1. The number of nitrogen functional groups attached to an aromatic ring is 1. The molecule has 6 nitrogen and oxygen atoms in total. The molecule has 2 amide bonds. The predicted molar refractivity (Wildman–Crippen MR) is 90.2 cm³/mol. The number of carbonyl (C=O) groups is 1. The first-order valence-electron chi connectivity index (χ1n) is 7.12. The average molecular weight is 309 g/mol. The average Bonchev–Trinajstić information content (AvgIpc) is 2.92. The van der Waals surface area contributed by atoms with Crippen LogP contribution < -0.4 is 22.5 Å². The van der Waals surface area contributed by atoms with Crippen molar-refractivity contribution in [3.05, 3.63) is 59.2 Å². The van der Waals surface area contributed by atoms with Crippen LogP contribution >= 0.6 is 0 Å². The standard InChI is InChI=1S/C17H16N4O.H3N/c18-10-11-5-7-16(14(19)9-11)21-17(22)20-15-8-6-12-3-1-2-4-13(12)15;/h1-5,7,9,15H,6,8,19H2,(H2,20,21,22);1H3/t15-;/m1./s1. The highest BCUT2D eigenvalue weighted by molar-refractivity contribution is 5.93. The summed E-state index contributed by atoms with van der Waals surface area (Å²) in [5.74, 6) is 0. The predicted octanol–water partition coefficient (Wildman–Crippen LogP) is 3.11. The van der Waals surface area contributed by atoms with E-state index in [0.29, 0.717) is 16.9 Å². The number of nitrogens with one attached hydrogen (secondary N) is 2. The zero-order chi connectivity index (χ0) is 15.5. The Morgan fingerprint density at radius 2 is 2.04 bits per heavy atom. The Bertz CT molecular complexity index is 766. The topological polar surface area (TPSA) is 126 Å². The molecule has 0 aliphatic heterocycles. The first-order valence-corrected chi connectivity index (χ1v) is 7.12. The maximum absolute atomic E-state index is 12.1. The molecule has 0 saturated heterocycles. The molecular formula is C17H19N5O. The first-order chi connectivity index (χ1) is 10.7. The Hall–Kier alpha value is -3.04. The van der Waals surface area contributed by atoms with Crippen LogP contribution in [0.3, 0.4) is 0 Å². The molecule has 6 heteroatoms. The molecule has 0 saturated carbocycles. The number of anilines is 2. The maximum Gasteiger partial charge on any atom is 0.319 e. The van der Waals surface area contributed by atoms with Crippen LogP contribution in [0.2, 0.25) is 0 Å². The highest BCUT2D eigenvalue weighted by Crippen LogP contribution is 2.30. The van der Waals surface area contributed by atoms with Crippen molar-refractivity contribution >= 4 is 17.4 Å². The smallest absolute Gasteiger partial charge is 0.319 e. The minimum Gasteiger partial charge on any atom is -0.397 e. The summed E-state index contributed by atoms with van der Waals surface area (Å²) in [5.41, 5.74) is 9.64. The quantitative estimate of drug-likeness (QED) is 0.636. The molecule has 2 aromatic carbocycles.